The van der Waals surface area contributed by atoms with Gasteiger partial charge in [-0.05, 0) is 13.3 Å². The molecule has 0 amide bonds. The second-order valence-electron chi connectivity index (χ2n) is 4.41. The predicted octanol–water partition coefficient (Wildman–Crippen LogP) is 3.62. The second kappa shape index (κ2) is 10.9. The number of hydrogen-bond donors (Lipinski definition) is 1. The average molecular weight is 230 g/mol. The lowest BCUT2D eigenvalue weighted by atomic mass is 10.1. The average Bonchev–Trinajstić information content (AvgIpc) is 3.00. The Morgan fingerprint density at radius 1 is 1.19 bits per heavy atom. The zero-order valence-corrected chi connectivity index (χ0v) is 10.7. The molecule has 1 fully saturated rings. The SMILES string of the molecule is CC1CO1.CCCCCCCCCC(=O)O. The van der Waals surface area contributed by atoms with Crippen LogP contribution in [0.2, 0.25) is 0 Å². The van der Waals surface area contributed by atoms with E-state index >= 15 is 0 Å². The van der Waals surface area contributed by atoms with Gasteiger partial charge in [0, 0.05) is 6.42 Å². The van der Waals surface area contributed by atoms with Gasteiger partial charge in [-0.15, -0.1) is 0 Å². The molecule has 1 aliphatic heterocycles. The molecule has 0 aromatic rings. The first-order valence-electron chi connectivity index (χ1n) is 6.50. The quantitative estimate of drug-likeness (QED) is 0.512. The van der Waals surface area contributed by atoms with Gasteiger partial charge >= 0.3 is 5.97 Å². The lowest BCUT2D eigenvalue weighted by molar-refractivity contribution is -0.137. The van der Waals surface area contributed by atoms with E-state index in [2.05, 4.69) is 13.8 Å². The first-order valence-corrected chi connectivity index (χ1v) is 6.50. The van der Waals surface area contributed by atoms with E-state index in [-0.39, 0.29) is 0 Å². The third kappa shape index (κ3) is 15.9. The van der Waals surface area contributed by atoms with E-state index < -0.39 is 5.97 Å². The normalized spacial score (nSPS) is 17.5. The molecule has 0 aromatic carbocycles. The number of epoxide rings is 1. The van der Waals surface area contributed by atoms with E-state index in [1.807, 2.05) is 0 Å². The Morgan fingerprint density at radius 3 is 2.00 bits per heavy atom. The summed E-state index contributed by atoms with van der Waals surface area (Å²) in [5.74, 6) is -0.663. The van der Waals surface area contributed by atoms with E-state index in [9.17, 15) is 4.79 Å². The van der Waals surface area contributed by atoms with Crippen molar-refractivity contribution in [3.63, 3.8) is 0 Å². The number of unbranched alkanes of at least 4 members (excludes halogenated alkanes) is 6. The first kappa shape index (κ1) is 15.4. The summed E-state index contributed by atoms with van der Waals surface area (Å²) in [5.41, 5.74) is 0. The Bertz CT molecular complexity index is 165. The molecule has 1 aliphatic rings. The number of carbonyl (C=O) groups is 1. The predicted molar refractivity (Wildman–Crippen MR) is 65.7 cm³/mol. The maximum Gasteiger partial charge on any atom is 0.303 e. The number of ether oxygens (including phenoxy) is 1. The highest BCUT2D eigenvalue weighted by molar-refractivity contribution is 5.66. The minimum atomic E-state index is -0.663. The Balaban J connectivity index is 0.000000462. The van der Waals surface area contributed by atoms with Gasteiger partial charge < -0.3 is 9.84 Å². The molecule has 3 heteroatoms. The van der Waals surface area contributed by atoms with Crippen molar-refractivity contribution in [2.75, 3.05) is 6.61 Å². The summed E-state index contributed by atoms with van der Waals surface area (Å²) in [7, 11) is 0. The molecule has 96 valence electrons. The molecule has 0 aromatic heterocycles. The van der Waals surface area contributed by atoms with E-state index in [1.54, 1.807) is 0 Å². The molecular weight excluding hydrogens is 204 g/mol. The maximum atomic E-state index is 10.1. The number of carboxylic acid groups (broad SMARTS) is 1. The van der Waals surface area contributed by atoms with Crippen LogP contribution in [-0.4, -0.2) is 23.8 Å². The van der Waals surface area contributed by atoms with Gasteiger partial charge in [0.25, 0.3) is 0 Å². The monoisotopic (exact) mass is 230 g/mol. The summed E-state index contributed by atoms with van der Waals surface area (Å²) < 4.78 is 4.71. The summed E-state index contributed by atoms with van der Waals surface area (Å²) in [6.45, 7) is 5.24. The lowest BCUT2D eigenvalue weighted by Gasteiger charge is -1.98. The summed E-state index contributed by atoms with van der Waals surface area (Å²) in [6, 6.07) is 0. The van der Waals surface area contributed by atoms with Gasteiger partial charge in [0.05, 0.1) is 12.7 Å². The van der Waals surface area contributed by atoms with E-state index in [0.29, 0.717) is 12.5 Å². The molecule has 0 spiro atoms. The summed E-state index contributed by atoms with van der Waals surface area (Å²) in [4.78, 5) is 10.1. The minimum absolute atomic E-state index is 0.341. The standard InChI is InChI=1S/C10H20O2.C3H6O/c1-2-3-4-5-6-7-8-9-10(11)12;1-3-2-4-3/h2-9H2,1H3,(H,11,12);3H,2H2,1H3. The van der Waals surface area contributed by atoms with Gasteiger partial charge in [-0.25, -0.2) is 0 Å². The van der Waals surface area contributed by atoms with E-state index in [4.69, 9.17) is 9.84 Å². The van der Waals surface area contributed by atoms with Crippen LogP contribution in [0.4, 0.5) is 0 Å². The van der Waals surface area contributed by atoms with Gasteiger partial charge in [0.1, 0.15) is 0 Å². The van der Waals surface area contributed by atoms with Crippen molar-refractivity contribution < 1.29 is 14.6 Å². The second-order valence-corrected chi connectivity index (χ2v) is 4.41. The van der Waals surface area contributed by atoms with Crippen LogP contribution in [0.15, 0.2) is 0 Å². The Morgan fingerprint density at radius 2 is 1.62 bits per heavy atom. The number of hydrogen-bond acceptors (Lipinski definition) is 2. The van der Waals surface area contributed by atoms with Crippen LogP contribution in [0.1, 0.15) is 65.2 Å². The Hall–Kier alpha value is -0.570. The molecule has 1 N–H and O–H groups in total. The lowest BCUT2D eigenvalue weighted by Crippen LogP contribution is -1.93. The highest BCUT2D eigenvalue weighted by atomic mass is 16.6. The zero-order chi connectivity index (χ0) is 12.2. The number of rotatable bonds is 8. The largest absolute Gasteiger partial charge is 0.481 e. The van der Waals surface area contributed by atoms with Crippen LogP contribution in [0.5, 0.6) is 0 Å². The molecular formula is C13H26O3. The molecule has 0 aliphatic carbocycles. The van der Waals surface area contributed by atoms with Crippen LogP contribution < -0.4 is 0 Å². The molecule has 0 radical (unpaired) electrons. The summed E-state index contributed by atoms with van der Waals surface area (Å²) in [5, 5.41) is 8.35. The summed E-state index contributed by atoms with van der Waals surface area (Å²) >= 11 is 0. The maximum absolute atomic E-state index is 10.1. The minimum Gasteiger partial charge on any atom is -0.481 e. The fourth-order valence-electron chi connectivity index (χ4n) is 1.33. The van der Waals surface area contributed by atoms with Crippen LogP contribution in [0, 0.1) is 0 Å². The van der Waals surface area contributed by atoms with Gasteiger partial charge in [-0.3, -0.25) is 4.79 Å². The Kier molecular flexibility index (Phi) is 10.5. The molecule has 1 saturated heterocycles. The molecule has 1 rings (SSSR count). The van der Waals surface area contributed by atoms with Gasteiger partial charge in [-0.1, -0.05) is 45.4 Å². The molecule has 0 saturated carbocycles. The van der Waals surface area contributed by atoms with Gasteiger partial charge in [-0.2, -0.15) is 0 Å². The van der Waals surface area contributed by atoms with Crippen LogP contribution in [0.3, 0.4) is 0 Å². The summed E-state index contributed by atoms with van der Waals surface area (Å²) in [6.07, 6.45) is 9.23. The van der Waals surface area contributed by atoms with Crippen LogP contribution in [-0.2, 0) is 9.53 Å². The number of aliphatic carboxylic acids is 1. The highest BCUT2D eigenvalue weighted by Gasteiger charge is 2.13. The highest BCUT2D eigenvalue weighted by Crippen LogP contribution is 2.07. The van der Waals surface area contributed by atoms with Crippen molar-refractivity contribution in [3.05, 3.63) is 0 Å². The zero-order valence-electron chi connectivity index (χ0n) is 10.7. The van der Waals surface area contributed by atoms with Crippen molar-refractivity contribution >= 4 is 5.97 Å². The van der Waals surface area contributed by atoms with Crippen molar-refractivity contribution in [2.45, 2.75) is 71.3 Å². The third-order valence-corrected chi connectivity index (χ3v) is 2.49. The first-order chi connectivity index (χ1) is 7.66. The molecule has 1 atom stereocenters. The smallest absolute Gasteiger partial charge is 0.303 e. The van der Waals surface area contributed by atoms with Gasteiger partial charge in [0.2, 0.25) is 0 Å². The van der Waals surface area contributed by atoms with E-state index in [1.165, 1.54) is 32.1 Å². The van der Waals surface area contributed by atoms with Crippen LogP contribution >= 0.6 is 0 Å². The van der Waals surface area contributed by atoms with Crippen molar-refractivity contribution in [3.8, 4) is 0 Å². The molecule has 3 nitrogen and oxygen atoms in total. The fourth-order valence-corrected chi connectivity index (χ4v) is 1.33. The fraction of sp³-hybridized carbons (Fsp3) is 0.923. The van der Waals surface area contributed by atoms with Crippen molar-refractivity contribution in [1.29, 1.82) is 0 Å². The molecule has 0 bridgehead atoms. The Labute approximate surface area is 99.2 Å². The van der Waals surface area contributed by atoms with E-state index in [0.717, 1.165) is 19.4 Å². The van der Waals surface area contributed by atoms with Crippen molar-refractivity contribution in [1.82, 2.24) is 0 Å². The molecule has 1 unspecified atom stereocenters. The third-order valence-electron chi connectivity index (χ3n) is 2.49. The van der Waals surface area contributed by atoms with Crippen molar-refractivity contribution in [2.24, 2.45) is 0 Å². The van der Waals surface area contributed by atoms with Crippen LogP contribution in [0.25, 0.3) is 0 Å². The molecule has 1 heterocycles. The van der Waals surface area contributed by atoms with Gasteiger partial charge in [0.15, 0.2) is 0 Å². The molecule has 16 heavy (non-hydrogen) atoms. The topological polar surface area (TPSA) is 49.8 Å². The number of carboxylic acids is 1.